The largest absolute Gasteiger partial charge is 0.545 e. The number of likely N-dealkylation sites (N-methyl/N-ethyl adjacent to an activating group) is 1. The van der Waals surface area contributed by atoms with Gasteiger partial charge in [0.1, 0.15) is 28.2 Å². The Labute approximate surface area is 221 Å². The summed E-state index contributed by atoms with van der Waals surface area (Å²) in [5.74, 6) is -1.02. The van der Waals surface area contributed by atoms with Crippen LogP contribution >= 0.6 is 0 Å². The second-order valence-corrected chi connectivity index (χ2v) is 9.94. The highest BCUT2D eigenvalue weighted by Gasteiger charge is 2.36. The average Bonchev–Trinajstić information content (AvgIpc) is 3.21. The number of aromatic amines is 1. The number of hydrogen-bond acceptors (Lipinski definition) is 7. The van der Waals surface area contributed by atoms with E-state index in [1.807, 2.05) is 6.07 Å². The number of rotatable bonds is 6. The quantitative estimate of drug-likeness (QED) is 0.375. The average molecular weight is 521 g/mol. The molecule has 2 aliphatic heterocycles. The van der Waals surface area contributed by atoms with Crippen molar-refractivity contribution in [2.45, 2.75) is 26.0 Å². The van der Waals surface area contributed by atoms with Crippen LogP contribution in [0.4, 0.5) is 11.4 Å². The number of methoxy groups -OCH3 is 1. The first-order chi connectivity index (χ1) is 17.9. The number of carbonyl (C=O) groups excluding carboxylic acids is 1. The predicted molar refractivity (Wildman–Crippen MR) is 143 cm³/mol. The summed E-state index contributed by atoms with van der Waals surface area (Å²) in [4.78, 5) is 23.4. The molecule has 10 heteroatoms. The summed E-state index contributed by atoms with van der Waals surface area (Å²) < 4.78 is 14.1. The Balaban J connectivity index is 0.000000368. The Morgan fingerprint density at radius 2 is 2.00 bits per heavy atom. The molecule has 38 heavy (non-hydrogen) atoms. The van der Waals surface area contributed by atoms with Crippen LogP contribution < -0.4 is 24.2 Å². The smallest absolute Gasteiger partial charge is 0.328 e. The standard InChI is InChI=1S/C24H28N4O2.C4H4O4/c1-24(2)10-9-16-20(30-24)14-19-21-22(25-28(19)12-11-26(3)4)17-13-15(29-6)7-8-18(17)27(5)23(16)21;5-3(6)1-2-4(7)8/h7-10,13-14H,11-12H2,1-6H3;1-2H,(H,5,6)(H,7,8)/b;2-1+. The van der Waals surface area contributed by atoms with E-state index in [9.17, 15) is 14.7 Å². The zero-order valence-corrected chi connectivity index (χ0v) is 22.4. The van der Waals surface area contributed by atoms with E-state index < -0.39 is 11.9 Å². The van der Waals surface area contributed by atoms with E-state index in [0.29, 0.717) is 12.2 Å². The molecule has 0 aliphatic carbocycles. The van der Waals surface area contributed by atoms with Crippen LogP contribution in [0.2, 0.25) is 0 Å². The molecule has 0 amide bonds. The molecule has 3 aromatic rings. The van der Waals surface area contributed by atoms with E-state index in [4.69, 9.17) is 14.6 Å². The molecule has 2 N–H and O–H groups in total. The zero-order valence-electron chi connectivity index (χ0n) is 22.4. The number of aromatic nitrogens is 2. The Hall–Kier alpha value is -4.31. The van der Waals surface area contributed by atoms with Crippen LogP contribution in [-0.4, -0.2) is 67.4 Å². The Morgan fingerprint density at radius 1 is 1.26 bits per heavy atom. The van der Waals surface area contributed by atoms with E-state index in [1.165, 1.54) is 11.1 Å². The molecule has 10 nitrogen and oxygen atoms in total. The van der Waals surface area contributed by atoms with E-state index in [2.05, 4.69) is 84.9 Å². The van der Waals surface area contributed by atoms with Crippen LogP contribution in [0.1, 0.15) is 19.4 Å². The summed E-state index contributed by atoms with van der Waals surface area (Å²) >= 11 is 0. The number of nitrogens with zero attached hydrogens (tertiary/aromatic N) is 3. The first-order valence-corrected chi connectivity index (χ1v) is 12.1. The second kappa shape index (κ2) is 10.2. The molecule has 5 rings (SSSR count). The fourth-order valence-electron chi connectivity index (χ4n) is 4.62. The molecule has 2 aliphatic rings. The third-order valence-electron chi connectivity index (χ3n) is 6.40. The minimum atomic E-state index is -1.51. The molecule has 1 aromatic heterocycles. The van der Waals surface area contributed by atoms with E-state index in [-0.39, 0.29) is 5.60 Å². The van der Waals surface area contributed by atoms with Crippen molar-refractivity contribution in [1.29, 1.82) is 0 Å². The highest BCUT2D eigenvalue weighted by atomic mass is 16.5. The normalized spacial score (nSPS) is 14.6. The molecule has 3 heterocycles. The van der Waals surface area contributed by atoms with Gasteiger partial charge >= 0.3 is 5.97 Å². The van der Waals surface area contributed by atoms with E-state index in [1.54, 1.807) is 7.11 Å². The number of nitrogens with one attached hydrogen (secondary N) is 1. The molecule has 0 unspecified atom stereocenters. The number of benzene rings is 2. The van der Waals surface area contributed by atoms with Gasteiger partial charge in [0.15, 0.2) is 6.54 Å². The van der Waals surface area contributed by atoms with Crippen molar-refractivity contribution >= 4 is 40.3 Å². The van der Waals surface area contributed by atoms with Crippen LogP contribution in [0.5, 0.6) is 11.5 Å². The highest BCUT2D eigenvalue weighted by Crippen LogP contribution is 2.51. The lowest BCUT2D eigenvalue weighted by Gasteiger charge is -2.33. The Bertz CT molecular complexity index is 1450. The van der Waals surface area contributed by atoms with Crippen molar-refractivity contribution in [3.05, 3.63) is 48.1 Å². The number of carboxylic acids is 2. The molecule has 0 fully saturated rings. The van der Waals surface area contributed by atoms with Gasteiger partial charge in [-0.05, 0) is 64.4 Å². The van der Waals surface area contributed by atoms with Gasteiger partial charge < -0.3 is 34.3 Å². The zero-order chi connectivity index (χ0) is 27.8. The number of hydrogen-bond donors (Lipinski definition) is 2. The molecule has 0 radical (unpaired) electrons. The molecule has 200 valence electrons. The van der Waals surface area contributed by atoms with Crippen molar-refractivity contribution in [1.82, 2.24) is 10.00 Å². The van der Waals surface area contributed by atoms with Crippen molar-refractivity contribution < 1.29 is 34.0 Å². The van der Waals surface area contributed by atoms with Crippen LogP contribution in [0.25, 0.3) is 28.2 Å². The number of anilines is 2. The third kappa shape index (κ3) is 5.21. The Morgan fingerprint density at radius 3 is 2.61 bits per heavy atom. The van der Waals surface area contributed by atoms with Gasteiger partial charge in [0.05, 0.1) is 37.1 Å². The van der Waals surface area contributed by atoms with Gasteiger partial charge in [0.25, 0.3) is 0 Å². The molecule has 0 spiro atoms. The van der Waals surface area contributed by atoms with Crippen LogP contribution in [0, 0.1) is 0 Å². The van der Waals surface area contributed by atoms with Crippen molar-refractivity contribution in [3.8, 4) is 22.8 Å². The van der Waals surface area contributed by atoms with Crippen molar-refractivity contribution in [2.24, 2.45) is 0 Å². The van der Waals surface area contributed by atoms with Gasteiger partial charge in [-0.3, -0.25) is 0 Å². The van der Waals surface area contributed by atoms with Gasteiger partial charge in [-0.2, -0.15) is 5.10 Å². The summed E-state index contributed by atoms with van der Waals surface area (Å²) in [7, 11) is 8.04. The topological polar surface area (TPSA) is 122 Å². The van der Waals surface area contributed by atoms with Gasteiger partial charge in [-0.1, -0.05) is 0 Å². The number of fused-ring (bicyclic) bond motifs is 4. The summed E-state index contributed by atoms with van der Waals surface area (Å²) in [6, 6.07) is 8.45. The summed E-state index contributed by atoms with van der Waals surface area (Å²) in [5, 5.41) is 22.1. The first kappa shape index (κ1) is 26.7. The molecule has 0 bridgehead atoms. The van der Waals surface area contributed by atoms with Gasteiger partial charge in [-0.15, -0.1) is 4.68 Å². The van der Waals surface area contributed by atoms with E-state index in [0.717, 1.165) is 52.6 Å². The van der Waals surface area contributed by atoms with Gasteiger partial charge in [0, 0.05) is 24.3 Å². The monoisotopic (exact) mass is 520 g/mol. The summed E-state index contributed by atoms with van der Waals surface area (Å²) in [6.07, 6.45) is 5.29. The number of aliphatic carboxylic acids is 2. The SMILES string of the molecule is COc1ccc2c(c1)-c1[nH][n+](CCN(C)C)c3cc4c(c(c13)N2C)C=CC(C)(C)O4.O=C([O-])/C=C/C(=O)O. The first-order valence-electron chi connectivity index (χ1n) is 12.1. The van der Waals surface area contributed by atoms with Crippen molar-refractivity contribution in [3.63, 3.8) is 0 Å². The number of carbonyl (C=O) groups is 2. The lowest BCUT2D eigenvalue weighted by Crippen LogP contribution is -2.40. The maximum atomic E-state index is 9.53. The third-order valence-corrected chi connectivity index (χ3v) is 6.40. The lowest BCUT2D eigenvalue weighted by atomic mass is 9.93. The summed E-state index contributed by atoms with van der Waals surface area (Å²) in [6.45, 7) is 6.00. The molecular formula is C28H32N4O6. The summed E-state index contributed by atoms with van der Waals surface area (Å²) in [5.41, 5.74) is 6.59. The fraction of sp³-hybridized carbons (Fsp3) is 0.321. The maximum Gasteiger partial charge on any atom is 0.328 e. The minimum absolute atomic E-state index is 0.320. The maximum absolute atomic E-state index is 9.53. The number of H-pyrrole nitrogens is 1. The van der Waals surface area contributed by atoms with Crippen LogP contribution in [-0.2, 0) is 16.1 Å². The second-order valence-electron chi connectivity index (χ2n) is 9.94. The minimum Gasteiger partial charge on any atom is -0.545 e. The molecule has 0 atom stereocenters. The van der Waals surface area contributed by atoms with Crippen LogP contribution in [0.15, 0.2) is 42.5 Å². The Kier molecular flexibility index (Phi) is 7.19. The van der Waals surface area contributed by atoms with Crippen LogP contribution in [0.3, 0.4) is 0 Å². The molecule has 0 saturated heterocycles. The molecular weight excluding hydrogens is 488 g/mol. The van der Waals surface area contributed by atoms with E-state index >= 15 is 0 Å². The molecule has 2 aromatic carbocycles. The fourth-order valence-corrected chi connectivity index (χ4v) is 4.62. The van der Waals surface area contributed by atoms with Crippen molar-refractivity contribution in [2.75, 3.05) is 39.7 Å². The van der Waals surface area contributed by atoms with Gasteiger partial charge in [0.2, 0.25) is 5.52 Å². The number of carboxylic acid groups (broad SMARTS) is 2. The lowest BCUT2D eigenvalue weighted by molar-refractivity contribution is -0.725. The number of ether oxygens (including phenoxy) is 2. The predicted octanol–water partition coefficient (Wildman–Crippen LogP) is 2.34. The van der Waals surface area contributed by atoms with Gasteiger partial charge in [-0.25, -0.2) is 4.79 Å². The molecule has 0 saturated carbocycles. The highest BCUT2D eigenvalue weighted by molar-refractivity contribution is 6.12.